The molecule has 0 bridgehead atoms. The second kappa shape index (κ2) is 7.58. The predicted molar refractivity (Wildman–Crippen MR) is 101 cm³/mol. The number of hydrogen-bond donors (Lipinski definition) is 1. The SMILES string of the molecule is COc1ccc(CNC(=O)[C@H](C)N2C(=O)c3cc(Cl)c(Cl)cc3C2=O)cc1. The third-order valence-corrected chi connectivity index (χ3v) is 5.07. The summed E-state index contributed by atoms with van der Waals surface area (Å²) in [6.45, 7) is 1.75. The van der Waals surface area contributed by atoms with Crippen LogP contribution >= 0.6 is 23.2 Å². The average Bonchev–Trinajstić information content (AvgIpc) is 2.90. The first-order valence-corrected chi connectivity index (χ1v) is 8.86. The van der Waals surface area contributed by atoms with Crippen LogP contribution in [0.4, 0.5) is 0 Å². The van der Waals surface area contributed by atoms with Crippen molar-refractivity contribution in [3.05, 3.63) is 63.1 Å². The van der Waals surface area contributed by atoms with Crippen LogP contribution in [0.3, 0.4) is 0 Å². The van der Waals surface area contributed by atoms with Crippen molar-refractivity contribution in [3.63, 3.8) is 0 Å². The second-order valence-corrected chi connectivity index (χ2v) is 6.85. The Hall–Kier alpha value is -2.57. The molecule has 8 heteroatoms. The van der Waals surface area contributed by atoms with Gasteiger partial charge in [0.1, 0.15) is 11.8 Å². The third-order valence-electron chi connectivity index (χ3n) is 4.35. The summed E-state index contributed by atoms with van der Waals surface area (Å²) >= 11 is 11.9. The number of nitrogens with zero attached hydrogens (tertiary/aromatic N) is 1. The molecule has 1 atom stereocenters. The van der Waals surface area contributed by atoms with Crippen molar-refractivity contribution in [2.24, 2.45) is 0 Å². The highest BCUT2D eigenvalue weighted by Crippen LogP contribution is 2.32. The van der Waals surface area contributed by atoms with E-state index >= 15 is 0 Å². The molecule has 0 aliphatic carbocycles. The molecule has 27 heavy (non-hydrogen) atoms. The van der Waals surface area contributed by atoms with Gasteiger partial charge >= 0.3 is 0 Å². The van der Waals surface area contributed by atoms with Crippen LogP contribution in [-0.2, 0) is 11.3 Å². The highest BCUT2D eigenvalue weighted by Gasteiger charge is 2.41. The average molecular weight is 407 g/mol. The maximum Gasteiger partial charge on any atom is 0.262 e. The number of carbonyl (C=O) groups is 3. The Morgan fingerprint density at radius 2 is 1.59 bits per heavy atom. The van der Waals surface area contributed by atoms with Crippen molar-refractivity contribution in [2.45, 2.75) is 19.5 Å². The zero-order valence-electron chi connectivity index (χ0n) is 14.6. The van der Waals surface area contributed by atoms with Crippen LogP contribution in [0.5, 0.6) is 5.75 Å². The van der Waals surface area contributed by atoms with Gasteiger partial charge in [0.05, 0.1) is 28.3 Å². The maximum atomic E-state index is 12.6. The zero-order chi connectivity index (χ0) is 19.7. The summed E-state index contributed by atoms with van der Waals surface area (Å²) in [4.78, 5) is 38.5. The van der Waals surface area contributed by atoms with Crippen molar-refractivity contribution < 1.29 is 19.1 Å². The van der Waals surface area contributed by atoms with Gasteiger partial charge in [-0.05, 0) is 36.8 Å². The molecule has 0 spiro atoms. The molecule has 6 nitrogen and oxygen atoms in total. The van der Waals surface area contributed by atoms with Gasteiger partial charge in [-0.1, -0.05) is 35.3 Å². The fourth-order valence-corrected chi connectivity index (χ4v) is 3.13. The fourth-order valence-electron chi connectivity index (χ4n) is 2.80. The molecule has 140 valence electrons. The van der Waals surface area contributed by atoms with Crippen molar-refractivity contribution in [3.8, 4) is 5.75 Å². The highest BCUT2D eigenvalue weighted by atomic mass is 35.5. The molecule has 1 heterocycles. The number of imide groups is 1. The standard InChI is InChI=1S/C19H16Cl2N2O4/c1-10(17(24)22-9-11-3-5-12(27-2)6-4-11)23-18(25)13-7-15(20)16(21)8-14(13)19(23)26/h3-8,10H,9H2,1-2H3,(H,22,24)/t10-/m0/s1. The number of amides is 3. The minimum absolute atomic E-state index is 0.143. The molecule has 0 fully saturated rings. The van der Waals surface area contributed by atoms with Crippen LogP contribution in [-0.4, -0.2) is 35.8 Å². The fraction of sp³-hybridized carbons (Fsp3) is 0.211. The van der Waals surface area contributed by atoms with Crippen LogP contribution in [0.1, 0.15) is 33.2 Å². The Morgan fingerprint density at radius 3 is 2.07 bits per heavy atom. The Bertz CT molecular complexity index is 887. The molecule has 1 aliphatic heterocycles. The monoisotopic (exact) mass is 406 g/mol. The normalized spacial score (nSPS) is 14.1. The molecule has 2 aromatic carbocycles. The predicted octanol–water partition coefficient (Wildman–Crippen LogP) is 3.30. The molecule has 0 unspecified atom stereocenters. The highest BCUT2D eigenvalue weighted by molar-refractivity contribution is 6.43. The Kier molecular flexibility index (Phi) is 5.39. The number of benzene rings is 2. The molecule has 3 amide bonds. The largest absolute Gasteiger partial charge is 0.497 e. The Balaban J connectivity index is 1.71. The molecule has 0 aromatic heterocycles. The second-order valence-electron chi connectivity index (χ2n) is 6.03. The number of halogens is 2. The number of carbonyl (C=O) groups excluding carboxylic acids is 3. The minimum Gasteiger partial charge on any atom is -0.497 e. The van der Waals surface area contributed by atoms with Gasteiger partial charge in [-0.2, -0.15) is 0 Å². The van der Waals surface area contributed by atoms with Crippen LogP contribution in [0, 0.1) is 0 Å². The molecule has 0 saturated heterocycles. The van der Waals surface area contributed by atoms with E-state index in [2.05, 4.69) is 5.32 Å². The number of hydrogen-bond acceptors (Lipinski definition) is 4. The molecule has 3 rings (SSSR count). The van der Waals surface area contributed by atoms with Crippen LogP contribution in [0.25, 0.3) is 0 Å². The number of fused-ring (bicyclic) bond motifs is 1. The van der Waals surface area contributed by atoms with Gasteiger partial charge < -0.3 is 10.1 Å². The molecule has 0 saturated carbocycles. The third kappa shape index (κ3) is 3.63. The summed E-state index contributed by atoms with van der Waals surface area (Å²) in [6, 6.07) is 8.91. The smallest absolute Gasteiger partial charge is 0.262 e. The Morgan fingerprint density at radius 1 is 1.07 bits per heavy atom. The van der Waals surface area contributed by atoms with Gasteiger partial charge in [-0.15, -0.1) is 0 Å². The summed E-state index contributed by atoms with van der Waals surface area (Å²) in [5.41, 5.74) is 1.14. The van der Waals surface area contributed by atoms with E-state index in [-0.39, 0.29) is 27.7 Å². The van der Waals surface area contributed by atoms with Crippen LogP contribution in [0.2, 0.25) is 10.0 Å². The molecular weight excluding hydrogens is 391 g/mol. The number of ether oxygens (including phenoxy) is 1. The summed E-state index contributed by atoms with van der Waals surface area (Å²) in [7, 11) is 1.57. The van der Waals surface area contributed by atoms with Crippen molar-refractivity contribution in [2.75, 3.05) is 7.11 Å². The first-order valence-electron chi connectivity index (χ1n) is 8.11. The van der Waals surface area contributed by atoms with Gasteiger partial charge in [0.25, 0.3) is 11.8 Å². The van der Waals surface area contributed by atoms with E-state index in [9.17, 15) is 14.4 Å². The van der Waals surface area contributed by atoms with Gasteiger partial charge in [0.15, 0.2) is 0 Å². The number of rotatable bonds is 5. The van der Waals surface area contributed by atoms with Crippen molar-refractivity contribution in [1.82, 2.24) is 10.2 Å². The topological polar surface area (TPSA) is 75.7 Å². The first kappa shape index (κ1) is 19.2. The summed E-state index contributed by atoms with van der Waals surface area (Å²) in [6.07, 6.45) is 0. The lowest BCUT2D eigenvalue weighted by molar-refractivity contribution is -0.124. The van der Waals surface area contributed by atoms with Gasteiger partial charge in [0, 0.05) is 6.54 Å². The quantitative estimate of drug-likeness (QED) is 0.772. The van der Waals surface area contributed by atoms with Gasteiger partial charge in [-0.25, -0.2) is 0 Å². The lowest BCUT2D eigenvalue weighted by atomic mass is 10.1. The van der Waals surface area contributed by atoms with E-state index in [1.54, 1.807) is 19.2 Å². The van der Waals surface area contributed by atoms with E-state index in [1.807, 2.05) is 12.1 Å². The van der Waals surface area contributed by atoms with E-state index in [1.165, 1.54) is 19.1 Å². The number of methoxy groups -OCH3 is 1. The van der Waals surface area contributed by atoms with Crippen molar-refractivity contribution >= 4 is 40.9 Å². The first-order chi connectivity index (χ1) is 12.8. The zero-order valence-corrected chi connectivity index (χ0v) is 16.1. The summed E-state index contributed by atoms with van der Waals surface area (Å²) in [5.74, 6) is -0.874. The van der Waals surface area contributed by atoms with Crippen LogP contribution < -0.4 is 10.1 Å². The minimum atomic E-state index is -0.979. The summed E-state index contributed by atoms with van der Waals surface area (Å²) < 4.78 is 5.08. The van der Waals surface area contributed by atoms with E-state index in [0.717, 1.165) is 10.5 Å². The van der Waals surface area contributed by atoms with Crippen LogP contribution in [0.15, 0.2) is 36.4 Å². The number of nitrogens with one attached hydrogen (secondary N) is 1. The Labute approximate surface area is 166 Å². The lowest BCUT2D eigenvalue weighted by Crippen LogP contribution is -2.47. The molecular formula is C19H16Cl2N2O4. The van der Waals surface area contributed by atoms with Crippen molar-refractivity contribution in [1.29, 1.82) is 0 Å². The lowest BCUT2D eigenvalue weighted by Gasteiger charge is -2.21. The molecule has 0 radical (unpaired) electrons. The van der Waals surface area contributed by atoms with E-state index in [4.69, 9.17) is 27.9 Å². The molecule has 1 N–H and O–H groups in total. The maximum absolute atomic E-state index is 12.6. The molecule has 2 aromatic rings. The molecule has 1 aliphatic rings. The van der Waals surface area contributed by atoms with E-state index in [0.29, 0.717) is 5.75 Å². The van der Waals surface area contributed by atoms with Gasteiger partial charge in [0.2, 0.25) is 5.91 Å². The van der Waals surface area contributed by atoms with E-state index < -0.39 is 23.8 Å². The summed E-state index contributed by atoms with van der Waals surface area (Å²) in [5, 5.41) is 3.08. The van der Waals surface area contributed by atoms with Gasteiger partial charge in [-0.3, -0.25) is 19.3 Å².